The van der Waals surface area contributed by atoms with Crippen molar-refractivity contribution in [2.75, 3.05) is 19.7 Å². The number of carbonyl (C=O) groups excluding carboxylic acids is 1. The number of aromatic nitrogens is 1. The van der Waals surface area contributed by atoms with Gasteiger partial charge in [-0.3, -0.25) is 9.78 Å². The number of rotatable bonds is 6. The number of fused-ring (bicyclic) bond motifs is 4. The van der Waals surface area contributed by atoms with Crippen molar-refractivity contribution in [1.29, 1.82) is 0 Å². The van der Waals surface area contributed by atoms with Crippen molar-refractivity contribution < 1.29 is 34.3 Å². The molecule has 1 aromatic rings. The third-order valence-electron chi connectivity index (χ3n) is 16.9. The van der Waals surface area contributed by atoms with Crippen molar-refractivity contribution in [2.24, 2.45) is 50.7 Å². The Morgan fingerprint density at radius 1 is 1.08 bits per heavy atom. The predicted octanol–water partition coefficient (Wildman–Crippen LogP) is 5.53. The first kappa shape index (κ1) is 36.4. The van der Waals surface area contributed by atoms with Gasteiger partial charge >= 0.3 is 0 Å². The molecule has 7 fully saturated rings. The van der Waals surface area contributed by atoms with Gasteiger partial charge < -0.3 is 34.4 Å². The highest BCUT2D eigenvalue weighted by Gasteiger charge is 2.84. The molecule has 5 aliphatic carbocycles. The molecule has 2 spiro atoms. The van der Waals surface area contributed by atoms with Gasteiger partial charge in [0.2, 0.25) is 5.91 Å². The van der Waals surface area contributed by atoms with Crippen LogP contribution in [0.5, 0.6) is 0 Å². The van der Waals surface area contributed by atoms with E-state index in [0.29, 0.717) is 50.8 Å². The molecule has 8 rings (SSSR count). The summed E-state index contributed by atoms with van der Waals surface area (Å²) in [7, 11) is 0. The molecule has 1 aromatic heterocycles. The molecule has 2 saturated heterocycles. The molecule has 9 nitrogen and oxygen atoms in total. The van der Waals surface area contributed by atoms with Crippen LogP contribution >= 0.6 is 0 Å². The molecular formula is C42H64N2O7. The van der Waals surface area contributed by atoms with Gasteiger partial charge in [-0.15, -0.1) is 0 Å². The summed E-state index contributed by atoms with van der Waals surface area (Å²) >= 11 is 0. The predicted molar refractivity (Wildman–Crippen MR) is 192 cm³/mol. The van der Waals surface area contributed by atoms with Gasteiger partial charge in [0, 0.05) is 37.3 Å². The monoisotopic (exact) mass is 708 g/mol. The maximum Gasteiger partial charge on any atom is 0.227 e. The minimum absolute atomic E-state index is 0.0137. The second-order valence-electron chi connectivity index (χ2n) is 19.8. The zero-order chi connectivity index (χ0) is 36.4. The summed E-state index contributed by atoms with van der Waals surface area (Å²) in [5.41, 5.74) is -0.144. The van der Waals surface area contributed by atoms with Gasteiger partial charge in [0.15, 0.2) is 6.29 Å². The largest absolute Gasteiger partial charge is 0.390 e. The SMILES string of the molecule is C[C@@H]1CC(C(O)C(C)(C)O)OC2[C@H]1C1(C)CCC34CC35CCC(OC3CCN(C(=O)Cc6cccnc6)CCO3)C(C)(C)[C@@H]5CCC4[C@]1(C)[C@H]2O. The van der Waals surface area contributed by atoms with Crippen LogP contribution in [0.25, 0.3) is 0 Å². The summed E-state index contributed by atoms with van der Waals surface area (Å²) in [4.78, 5) is 19.2. The highest BCUT2D eigenvalue weighted by atomic mass is 16.7. The van der Waals surface area contributed by atoms with Crippen LogP contribution < -0.4 is 0 Å². The van der Waals surface area contributed by atoms with Crippen molar-refractivity contribution >= 4 is 5.91 Å². The number of amides is 1. The second-order valence-corrected chi connectivity index (χ2v) is 19.8. The number of hydrogen-bond acceptors (Lipinski definition) is 8. The Labute approximate surface area is 305 Å². The molecule has 9 heteroatoms. The second kappa shape index (κ2) is 12.2. The molecular weight excluding hydrogens is 644 g/mol. The first-order chi connectivity index (χ1) is 24.0. The van der Waals surface area contributed by atoms with Gasteiger partial charge in [-0.05, 0) is 122 Å². The van der Waals surface area contributed by atoms with Gasteiger partial charge in [0.05, 0.1) is 43.0 Å². The van der Waals surface area contributed by atoms with E-state index in [0.717, 1.165) is 37.7 Å². The minimum Gasteiger partial charge on any atom is -0.390 e. The third-order valence-corrected chi connectivity index (χ3v) is 16.9. The average Bonchev–Trinajstić information content (AvgIpc) is 3.77. The molecule has 3 N–H and O–H groups in total. The van der Waals surface area contributed by atoms with Gasteiger partial charge in [-0.2, -0.15) is 0 Å². The molecule has 1 amide bonds. The van der Waals surface area contributed by atoms with E-state index in [-0.39, 0.29) is 63.3 Å². The Bertz CT molecular complexity index is 1480. The van der Waals surface area contributed by atoms with Crippen LogP contribution in [-0.4, -0.2) is 93.2 Å². The van der Waals surface area contributed by atoms with E-state index in [2.05, 4.69) is 39.6 Å². The van der Waals surface area contributed by atoms with Crippen LogP contribution in [0.1, 0.15) is 112 Å². The lowest BCUT2D eigenvalue weighted by molar-refractivity contribution is -0.232. The Morgan fingerprint density at radius 3 is 2.55 bits per heavy atom. The number of carbonyl (C=O) groups is 1. The number of hydrogen-bond donors (Lipinski definition) is 3. The smallest absolute Gasteiger partial charge is 0.227 e. The van der Waals surface area contributed by atoms with E-state index >= 15 is 0 Å². The molecule has 7 aliphatic rings. The molecule has 3 heterocycles. The summed E-state index contributed by atoms with van der Waals surface area (Å²) < 4.78 is 19.9. The molecule has 9 unspecified atom stereocenters. The zero-order valence-electron chi connectivity index (χ0n) is 32.1. The van der Waals surface area contributed by atoms with Crippen molar-refractivity contribution in [1.82, 2.24) is 9.88 Å². The minimum atomic E-state index is -1.26. The van der Waals surface area contributed by atoms with E-state index in [1.54, 1.807) is 26.2 Å². The summed E-state index contributed by atoms with van der Waals surface area (Å²) in [5.74, 6) is 1.62. The zero-order valence-corrected chi connectivity index (χ0v) is 32.1. The molecule has 51 heavy (non-hydrogen) atoms. The van der Waals surface area contributed by atoms with Gasteiger partial charge in [0.1, 0.15) is 6.10 Å². The average molecular weight is 709 g/mol. The van der Waals surface area contributed by atoms with E-state index in [1.165, 1.54) is 12.8 Å². The molecule has 2 aliphatic heterocycles. The van der Waals surface area contributed by atoms with E-state index < -0.39 is 23.9 Å². The van der Waals surface area contributed by atoms with Gasteiger partial charge in [-0.1, -0.05) is 40.7 Å². The molecule has 284 valence electrons. The fourth-order valence-electron chi connectivity index (χ4n) is 14.3. The number of aliphatic hydroxyl groups excluding tert-OH is 2. The maximum absolute atomic E-state index is 13.1. The first-order valence-electron chi connectivity index (χ1n) is 20.2. The lowest BCUT2D eigenvalue weighted by Gasteiger charge is -2.63. The normalized spacial score (nSPS) is 47.9. The third kappa shape index (κ3) is 5.21. The molecule has 0 aromatic carbocycles. The van der Waals surface area contributed by atoms with Crippen LogP contribution in [0.2, 0.25) is 0 Å². The summed E-state index contributed by atoms with van der Waals surface area (Å²) in [6.45, 7) is 17.0. The first-order valence-corrected chi connectivity index (χ1v) is 20.2. The Morgan fingerprint density at radius 2 is 1.82 bits per heavy atom. The van der Waals surface area contributed by atoms with E-state index in [4.69, 9.17) is 14.2 Å². The summed E-state index contributed by atoms with van der Waals surface area (Å²) in [5, 5.41) is 34.2. The fraction of sp³-hybridized carbons (Fsp3) is 0.857. The maximum atomic E-state index is 13.1. The van der Waals surface area contributed by atoms with Crippen LogP contribution in [0.3, 0.4) is 0 Å². The quantitative estimate of drug-likeness (QED) is 0.353. The summed E-state index contributed by atoms with van der Waals surface area (Å²) in [6.07, 6.45) is 10.6. The number of nitrogens with zero attached hydrogens (tertiary/aromatic N) is 2. The number of aliphatic hydroxyl groups is 3. The molecule has 14 atom stereocenters. The lowest BCUT2D eigenvalue weighted by Crippen LogP contribution is -2.60. The highest BCUT2D eigenvalue weighted by Crippen LogP contribution is 2.89. The van der Waals surface area contributed by atoms with Crippen molar-refractivity contribution in [2.45, 2.75) is 155 Å². The topological polar surface area (TPSA) is 122 Å². The highest BCUT2D eigenvalue weighted by molar-refractivity contribution is 5.78. The van der Waals surface area contributed by atoms with Crippen molar-refractivity contribution in [3.63, 3.8) is 0 Å². The fourth-order valence-corrected chi connectivity index (χ4v) is 14.3. The lowest BCUT2D eigenvalue weighted by atomic mass is 9.41. The van der Waals surface area contributed by atoms with Gasteiger partial charge in [0.25, 0.3) is 0 Å². The molecule has 0 bridgehead atoms. The van der Waals surface area contributed by atoms with Gasteiger partial charge in [-0.25, -0.2) is 0 Å². The Balaban J connectivity index is 0.963. The van der Waals surface area contributed by atoms with Crippen LogP contribution in [-0.2, 0) is 25.4 Å². The van der Waals surface area contributed by atoms with Crippen LogP contribution in [0.4, 0.5) is 0 Å². The number of ether oxygens (including phenoxy) is 3. The molecule has 5 saturated carbocycles. The van der Waals surface area contributed by atoms with Crippen LogP contribution in [0, 0.1) is 50.7 Å². The van der Waals surface area contributed by atoms with Crippen molar-refractivity contribution in [3.05, 3.63) is 30.1 Å². The molecule has 0 radical (unpaired) electrons. The Kier molecular flexibility index (Phi) is 8.69. The Hall–Kier alpha value is -1.62. The standard InChI is InChI=1S/C42H64N2O7/c1-25-21-27(35(46)38(4,5)48)50-34-33(25)39(6)15-16-42-24-41(42)14-12-30(37(2,3)28(41)10-11-29(42)40(39,7)36(34)47)51-32-13-18-44(19-20-49-32)31(45)22-26-9-8-17-43-23-26/h8-9,17,23,25,27-30,32-36,46-48H,10-16,18-22,24H2,1-7H3/t25-,27?,28+,29?,30?,32?,33+,34?,35?,36+,39?,40-,41?,42?/m1/s1. The summed E-state index contributed by atoms with van der Waals surface area (Å²) in [6, 6.07) is 3.82. The van der Waals surface area contributed by atoms with Crippen molar-refractivity contribution in [3.8, 4) is 0 Å². The van der Waals surface area contributed by atoms with E-state index in [1.807, 2.05) is 17.0 Å². The number of pyridine rings is 1. The van der Waals surface area contributed by atoms with E-state index in [9.17, 15) is 20.1 Å². The van der Waals surface area contributed by atoms with Crippen LogP contribution in [0.15, 0.2) is 24.5 Å².